The summed E-state index contributed by atoms with van der Waals surface area (Å²) in [7, 11) is 0. The second-order valence-corrected chi connectivity index (χ2v) is 5.53. The van der Waals surface area contributed by atoms with E-state index in [0.717, 1.165) is 5.56 Å². The van der Waals surface area contributed by atoms with E-state index in [9.17, 15) is 0 Å². The monoisotopic (exact) mass is 365 g/mol. The van der Waals surface area contributed by atoms with Crippen LogP contribution in [-0.2, 0) is 6.54 Å². The highest BCUT2D eigenvalue weighted by Gasteiger charge is 2.12. The first kappa shape index (κ1) is 19.2. The maximum Gasteiger partial charge on any atom is 0.179 e. The van der Waals surface area contributed by atoms with E-state index in [-0.39, 0.29) is 0 Å². The molecule has 0 atom stereocenters. The van der Waals surface area contributed by atoms with Crippen molar-refractivity contribution >= 4 is 11.6 Å². The van der Waals surface area contributed by atoms with Crippen molar-refractivity contribution in [2.45, 2.75) is 20.4 Å². The Morgan fingerprint density at radius 3 is 2.08 bits per heavy atom. The molecule has 6 heteroatoms. The lowest BCUT2D eigenvalue weighted by molar-refractivity contribution is 0.201. The Hall–Kier alpha value is -2.11. The molecule has 2 N–H and O–H groups in total. The molecule has 0 heterocycles. The van der Waals surface area contributed by atoms with Crippen molar-refractivity contribution in [2.24, 2.45) is 5.73 Å². The smallest absolute Gasteiger partial charge is 0.179 e. The van der Waals surface area contributed by atoms with Crippen LogP contribution in [0.3, 0.4) is 0 Å². The average Bonchev–Trinajstić information content (AvgIpc) is 2.62. The highest BCUT2D eigenvalue weighted by molar-refractivity contribution is 6.32. The number of ether oxygens (including phenoxy) is 4. The Morgan fingerprint density at radius 1 is 0.840 bits per heavy atom. The molecule has 0 aliphatic heterocycles. The second kappa shape index (κ2) is 10.0. The van der Waals surface area contributed by atoms with Gasteiger partial charge in [-0.2, -0.15) is 0 Å². The molecule has 0 aromatic heterocycles. The van der Waals surface area contributed by atoms with Crippen molar-refractivity contribution < 1.29 is 18.9 Å². The summed E-state index contributed by atoms with van der Waals surface area (Å²) in [6.45, 7) is 5.99. The van der Waals surface area contributed by atoms with Gasteiger partial charge in [0.25, 0.3) is 0 Å². The van der Waals surface area contributed by atoms with E-state index in [0.29, 0.717) is 61.0 Å². The molecule has 0 spiro atoms. The third kappa shape index (κ3) is 5.44. The standard InChI is InChI=1S/C19H24ClNO4/c1-3-22-16-7-5-6-8-17(16)24-9-10-25-19-15(20)11-14(13-21)12-18(19)23-4-2/h5-8,11-12H,3-4,9-10,13,21H2,1-2H3. The van der Waals surface area contributed by atoms with Crippen molar-refractivity contribution in [2.75, 3.05) is 26.4 Å². The van der Waals surface area contributed by atoms with Crippen LogP contribution in [0.2, 0.25) is 5.02 Å². The van der Waals surface area contributed by atoms with Crippen LogP contribution in [0.1, 0.15) is 19.4 Å². The molecule has 2 aromatic carbocycles. The van der Waals surface area contributed by atoms with Crippen LogP contribution in [0, 0.1) is 0 Å². The number of para-hydroxylation sites is 2. The van der Waals surface area contributed by atoms with Crippen LogP contribution in [0.15, 0.2) is 36.4 Å². The third-order valence-corrected chi connectivity index (χ3v) is 3.62. The summed E-state index contributed by atoms with van der Waals surface area (Å²) < 4.78 is 22.7. The summed E-state index contributed by atoms with van der Waals surface area (Å²) in [5, 5.41) is 0.473. The van der Waals surface area contributed by atoms with Crippen LogP contribution >= 0.6 is 11.6 Å². The number of hydrogen-bond acceptors (Lipinski definition) is 5. The van der Waals surface area contributed by atoms with E-state index in [2.05, 4.69) is 0 Å². The molecule has 0 amide bonds. The van der Waals surface area contributed by atoms with Crippen molar-refractivity contribution in [1.82, 2.24) is 0 Å². The molecule has 2 rings (SSSR count). The zero-order valence-electron chi connectivity index (χ0n) is 14.6. The van der Waals surface area contributed by atoms with Crippen molar-refractivity contribution in [3.8, 4) is 23.0 Å². The minimum Gasteiger partial charge on any atom is -0.490 e. The van der Waals surface area contributed by atoms with E-state index in [4.69, 9.17) is 36.3 Å². The largest absolute Gasteiger partial charge is 0.490 e. The van der Waals surface area contributed by atoms with Crippen LogP contribution in [0.25, 0.3) is 0 Å². The first-order valence-electron chi connectivity index (χ1n) is 8.32. The molecule has 0 fully saturated rings. The van der Waals surface area contributed by atoms with E-state index >= 15 is 0 Å². The van der Waals surface area contributed by atoms with Crippen molar-refractivity contribution in [3.63, 3.8) is 0 Å². The number of halogens is 1. The highest BCUT2D eigenvalue weighted by atomic mass is 35.5. The number of hydrogen-bond donors (Lipinski definition) is 1. The Labute approximate surface area is 153 Å². The number of rotatable bonds is 10. The molecule has 0 aliphatic carbocycles. The first-order valence-corrected chi connectivity index (χ1v) is 8.70. The van der Waals surface area contributed by atoms with Gasteiger partial charge in [-0.3, -0.25) is 0 Å². The summed E-state index contributed by atoms with van der Waals surface area (Å²) >= 11 is 6.29. The van der Waals surface area contributed by atoms with Gasteiger partial charge in [0, 0.05) is 6.54 Å². The van der Waals surface area contributed by atoms with Gasteiger partial charge in [-0.25, -0.2) is 0 Å². The van der Waals surface area contributed by atoms with E-state index in [1.165, 1.54) is 0 Å². The van der Waals surface area contributed by atoms with Crippen molar-refractivity contribution in [3.05, 3.63) is 47.0 Å². The fourth-order valence-corrected chi connectivity index (χ4v) is 2.57. The molecule has 25 heavy (non-hydrogen) atoms. The maximum atomic E-state index is 6.29. The van der Waals surface area contributed by atoms with Crippen LogP contribution in [0.4, 0.5) is 0 Å². The predicted octanol–water partition coefficient (Wildman–Crippen LogP) is 4.05. The van der Waals surface area contributed by atoms with Gasteiger partial charge in [0.2, 0.25) is 0 Å². The van der Waals surface area contributed by atoms with Gasteiger partial charge in [0.1, 0.15) is 13.2 Å². The summed E-state index contributed by atoms with van der Waals surface area (Å²) in [6, 6.07) is 11.2. The summed E-state index contributed by atoms with van der Waals surface area (Å²) in [6.07, 6.45) is 0. The zero-order chi connectivity index (χ0) is 18.1. The van der Waals surface area contributed by atoms with Gasteiger partial charge in [-0.05, 0) is 43.7 Å². The Kier molecular flexibility index (Phi) is 7.70. The van der Waals surface area contributed by atoms with Crippen molar-refractivity contribution in [1.29, 1.82) is 0 Å². The summed E-state index contributed by atoms with van der Waals surface area (Å²) in [5.41, 5.74) is 6.56. The lowest BCUT2D eigenvalue weighted by atomic mass is 10.2. The van der Waals surface area contributed by atoms with E-state index in [1.807, 2.05) is 44.2 Å². The minimum atomic E-state index is 0.322. The second-order valence-electron chi connectivity index (χ2n) is 5.12. The lowest BCUT2D eigenvalue weighted by Crippen LogP contribution is -2.11. The molecule has 2 aromatic rings. The summed E-state index contributed by atoms with van der Waals surface area (Å²) in [5.74, 6) is 2.49. The minimum absolute atomic E-state index is 0.322. The topological polar surface area (TPSA) is 62.9 Å². The number of benzene rings is 2. The predicted molar refractivity (Wildman–Crippen MR) is 99.1 cm³/mol. The lowest BCUT2D eigenvalue weighted by Gasteiger charge is -2.16. The quantitative estimate of drug-likeness (QED) is 0.643. The maximum absolute atomic E-state index is 6.29. The summed E-state index contributed by atoms with van der Waals surface area (Å²) in [4.78, 5) is 0. The van der Waals surface area contributed by atoms with Gasteiger partial charge in [0.05, 0.1) is 18.2 Å². The third-order valence-electron chi connectivity index (χ3n) is 3.34. The average molecular weight is 366 g/mol. The molecule has 136 valence electrons. The molecule has 5 nitrogen and oxygen atoms in total. The van der Waals surface area contributed by atoms with Gasteiger partial charge >= 0.3 is 0 Å². The number of nitrogens with two attached hydrogens (primary N) is 1. The van der Waals surface area contributed by atoms with E-state index in [1.54, 1.807) is 6.07 Å². The molecule has 0 bridgehead atoms. The Bertz CT molecular complexity index is 678. The SMILES string of the molecule is CCOc1ccccc1OCCOc1c(Cl)cc(CN)cc1OCC. The molecular weight excluding hydrogens is 342 g/mol. The molecule has 0 radical (unpaired) electrons. The van der Waals surface area contributed by atoms with Crippen LogP contribution < -0.4 is 24.7 Å². The molecule has 0 aliphatic rings. The van der Waals surface area contributed by atoms with Gasteiger partial charge < -0.3 is 24.7 Å². The highest BCUT2D eigenvalue weighted by Crippen LogP contribution is 2.36. The fourth-order valence-electron chi connectivity index (χ4n) is 2.28. The Morgan fingerprint density at radius 2 is 1.44 bits per heavy atom. The van der Waals surface area contributed by atoms with Crippen LogP contribution in [-0.4, -0.2) is 26.4 Å². The van der Waals surface area contributed by atoms with Gasteiger partial charge in [-0.1, -0.05) is 23.7 Å². The molecule has 0 saturated carbocycles. The molecule has 0 unspecified atom stereocenters. The Balaban J connectivity index is 1.98. The van der Waals surface area contributed by atoms with Gasteiger partial charge in [0.15, 0.2) is 23.0 Å². The fraction of sp³-hybridized carbons (Fsp3) is 0.368. The first-order chi connectivity index (χ1) is 12.2. The molecular formula is C19H24ClNO4. The normalized spacial score (nSPS) is 10.4. The molecule has 0 saturated heterocycles. The van der Waals surface area contributed by atoms with Gasteiger partial charge in [-0.15, -0.1) is 0 Å². The zero-order valence-corrected chi connectivity index (χ0v) is 15.3. The van der Waals surface area contributed by atoms with Crippen LogP contribution in [0.5, 0.6) is 23.0 Å². The van der Waals surface area contributed by atoms with E-state index < -0.39 is 0 Å².